The molecule has 0 radical (unpaired) electrons. The standard InChI is InChI=1S/C20H21F3O2/c21-20(22,23)17-13-16(19(24)11-5-2-6-12-19)9-10-18(17)25-14-15-7-3-1-4-8-15/h1,3-4,7-10,13,24H,2,5-6,11-12,14H2. The molecule has 1 N–H and O–H groups in total. The van der Waals surface area contributed by atoms with E-state index in [1.807, 2.05) is 18.2 Å². The number of alkyl halides is 3. The molecule has 0 aromatic heterocycles. The fourth-order valence-electron chi connectivity index (χ4n) is 3.33. The number of benzene rings is 2. The van der Waals surface area contributed by atoms with Crippen molar-refractivity contribution in [3.05, 3.63) is 65.2 Å². The van der Waals surface area contributed by atoms with Gasteiger partial charge in [0.25, 0.3) is 0 Å². The Bertz CT molecular complexity index is 705. The van der Waals surface area contributed by atoms with Gasteiger partial charge in [-0.15, -0.1) is 0 Å². The first-order chi connectivity index (χ1) is 11.9. The van der Waals surface area contributed by atoms with Gasteiger partial charge in [-0.2, -0.15) is 13.2 Å². The Morgan fingerprint density at radius 2 is 1.64 bits per heavy atom. The van der Waals surface area contributed by atoms with Crippen LogP contribution in [0.4, 0.5) is 13.2 Å². The smallest absolute Gasteiger partial charge is 0.419 e. The molecule has 1 saturated carbocycles. The van der Waals surface area contributed by atoms with Crippen LogP contribution in [0.1, 0.15) is 48.8 Å². The highest BCUT2D eigenvalue weighted by Gasteiger charge is 2.38. The van der Waals surface area contributed by atoms with Crippen LogP contribution in [0.5, 0.6) is 5.75 Å². The third-order valence-corrected chi connectivity index (χ3v) is 4.74. The second kappa shape index (κ2) is 7.08. The topological polar surface area (TPSA) is 29.5 Å². The maximum Gasteiger partial charge on any atom is 0.419 e. The van der Waals surface area contributed by atoms with Crippen molar-refractivity contribution >= 4 is 0 Å². The summed E-state index contributed by atoms with van der Waals surface area (Å²) in [6.07, 6.45) is -0.892. The SMILES string of the molecule is OC1(c2ccc(OCc3ccccc3)c(C(F)(F)F)c2)CCCCC1. The van der Waals surface area contributed by atoms with Crippen molar-refractivity contribution in [3.8, 4) is 5.75 Å². The van der Waals surface area contributed by atoms with Gasteiger partial charge in [-0.3, -0.25) is 0 Å². The van der Waals surface area contributed by atoms with Crippen LogP contribution in [0.2, 0.25) is 0 Å². The van der Waals surface area contributed by atoms with Crippen LogP contribution in [0, 0.1) is 0 Å². The maximum atomic E-state index is 13.5. The summed E-state index contributed by atoms with van der Waals surface area (Å²) < 4.78 is 45.9. The van der Waals surface area contributed by atoms with E-state index in [0.29, 0.717) is 18.4 Å². The van der Waals surface area contributed by atoms with Crippen molar-refractivity contribution in [1.82, 2.24) is 0 Å². The van der Waals surface area contributed by atoms with E-state index in [2.05, 4.69) is 0 Å². The second-order valence-electron chi connectivity index (χ2n) is 6.58. The molecule has 5 heteroatoms. The van der Waals surface area contributed by atoms with Crippen molar-refractivity contribution in [2.24, 2.45) is 0 Å². The van der Waals surface area contributed by atoms with Crippen molar-refractivity contribution in [3.63, 3.8) is 0 Å². The summed E-state index contributed by atoms with van der Waals surface area (Å²) in [7, 11) is 0. The van der Waals surface area contributed by atoms with E-state index in [1.54, 1.807) is 18.2 Å². The minimum atomic E-state index is -4.53. The van der Waals surface area contributed by atoms with Crippen molar-refractivity contribution in [2.45, 2.75) is 50.5 Å². The number of aliphatic hydroxyl groups is 1. The van der Waals surface area contributed by atoms with Gasteiger partial charge in [0, 0.05) is 0 Å². The summed E-state index contributed by atoms with van der Waals surface area (Å²) in [5.41, 5.74) is -0.881. The van der Waals surface area contributed by atoms with Gasteiger partial charge in [-0.25, -0.2) is 0 Å². The van der Waals surface area contributed by atoms with Gasteiger partial charge >= 0.3 is 6.18 Å². The molecule has 0 spiro atoms. The molecule has 1 aliphatic rings. The van der Waals surface area contributed by atoms with Gasteiger partial charge in [-0.1, -0.05) is 55.7 Å². The first-order valence-corrected chi connectivity index (χ1v) is 8.49. The average Bonchev–Trinajstić information content (AvgIpc) is 2.60. The van der Waals surface area contributed by atoms with Gasteiger partial charge in [0.05, 0.1) is 11.2 Å². The Balaban J connectivity index is 1.88. The van der Waals surface area contributed by atoms with Crippen molar-refractivity contribution in [2.75, 3.05) is 0 Å². The molecule has 2 aromatic carbocycles. The lowest BCUT2D eigenvalue weighted by Crippen LogP contribution is -2.29. The van der Waals surface area contributed by atoms with E-state index in [9.17, 15) is 18.3 Å². The Morgan fingerprint density at radius 1 is 0.960 bits per heavy atom. The Kier molecular flexibility index (Phi) is 5.04. The molecule has 3 rings (SSSR count). The summed E-state index contributed by atoms with van der Waals surface area (Å²) in [5.74, 6) is -0.209. The Hall–Kier alpha value is -2.01. The summed E-state index contributed by atoms with van der Waals surface area (Å²) in [6, 6.07) is 13.0. The molecule has 0 atom stereocenters. The minimum Gasteiger partial charge on any atom is -0.488 e. The summed E-state index contributed by atoms with van der Waals surface area (Å²) in [6.45, 7) is 0.0630. The molecule has 0 amide bonds. The predicted octanol–water partition coefficient (Wildman–Crippen LogP) is 5.44. The third kappa shape index (κ3) is 4.15. The minimum absolute atomic E-state index is 0.0630. The highest BCUT2D eigenvalue weighted by atomic mass is 19.4. The number of ether oxygens (including phenoxy) is 1. The second-order valence-corrected chi connectivity index (χ2v) is 6.58. The van der Waals surface area contributed by atoms with E-state index < -0.39 is 17.3 Å². The molecule has 1 fully saturated rings. The highest BCUT2D eigenvalue weighted by molar-refractivity contribution is 5.41. The molecule has 0 saturated heterocycles. The van der Waals surface area contributed by atoms with E-state index in [4.69, 9.17) is 4.74 Å². The van der Waals surface area contributed by atoms with Gasteiger partial charge < -0.3 is 9.84 Å². The molecule has 2 nitrogen and oxygen atoms in total. The monoisotopic (exact) mass is 350 g/mol. The zero-order valence-corrected chi connectivity index (χ0v) is 13.9. The van der Waals surface area contributed by atoms with Crippen LogP contribution in [0.15, 0.2) is 48.5 Å². The van der Waals surface area contributed by atoms with E-state index in [1.165, 1.54) is 6.07 Å². The average molecular weight is 350 g/mol. The van der Waals surface area contributed by atoms with Crippen LogP contribution in [0.3, 0.4) is 0 Å². The van der Waals surface area contributed by atoms with Gasteiger partial charge in [0.1, 0.15) is 12.4 Å². The maximum absolute atomic E-state index is 13.5. The van der Waals surface area contributed by atoms with Crippen LogP contribution in [-0.4, -0.2) is 5.11 Å². The normalized spacial score (nSPS) is 17.3. The number of hydrogen-bond acceptors (Lipinski definition) is 2. The lowest BCUT2D eigenvalue weighted by atomic mass is 9.79. The largest absolute Gasteiger partial charge is 0.488 e. The number of rotatable bonds is 4. The van der Waals surface area contributed by atoms with E-state index >= 15 is 0 Å². The lowest BCUT2D eigenvalue weighted by Gasteiger charge is -2.33. The summed E-state index contributed by atoms with van der Waals surface area (Å²) in [5, 5.41) is 10.7. The third-order valence-electron chi connectivity index (χ3n) is 4.74. The molecular formula is C20H21F3O2. The number of hydrogen-bond donors (Lipinski definition) is 1. The zero-order valence-electron chi connectivity index (χ0n) is 13.9. The van der Waals surface area contributed by atoms with Gasteiger partial charge in [-0.05, 0) is 36.1 Å². The van der Waals surface area contributed by atoms with Crippen molar-refractivity contribution < 1.29 is 23.0 Å². The zero-order chi connectivity index (χ0) is 17.9. The molecule has 25 heavy (non-hydrogen) atoms. The molecule has 134 valence electrons. The predicted molar refractivity (Wildman–Crippen MR) is 89.2 cm³/mol. The molecule has 0 aliphatic heterocycles. The van der Waals surface area contributed by atoms with Crippen LogP contribution < -0.4 is 4.74 Å². The summed E-state index contributed by atoms with van der Waals surface area (Å²) >= 11 is 0. The molecule has 0 heterocycles. The molecule has 0 unspecified atom stereocenters. The fraction of sp³-hybridized carbons (Fsp3) is 0.400. The first-order valence-electron chi connectivity index (χ1n) is 8.49. The molecule has 2 aromatic rings. The van der Waals surface area contributed by atoms with E-state index in [-0.39, 0.29) is 12.4 Å². The molecule has 1 aliphatic carbocycles. The fourth-order valence-corrected chi connectivity index (χ4v) is 3.33. The van der Waals surface area contributed by atoms with Gasteiger partial charge in [0.2, 0.25) is 0 Å². The van der Waals surface area contributed by atoms with E-state index in [0.717, 1.165) is 30.9 Å². The van der Waals surface area contributed by atoms with Crippen LogP contribution in [-0.2, 0) is 18.4 Å². The number of halogens is 3. The summed E-state index contributed by atoms with van der Waals surface area (Å²) in [4.78, 5) is 0. The van der Waals surface area contributed by atoms with Crippen molar-refractivity contribution in [1.29, 1.82) is 0 Å². The Labute approximate surface area is 145 Å². The Morgan fingerprint density at radius 3 is 2.28 bits per heavy atom. The first kappa shape index (κ1) is 17.8. The lowest BCUT2D eigenvalue weighted by molar-refractivity contribution is -0.139. The molecular weight excluding hydrogens is 329 g/mol. The molecule has 0 bridgehead atoms. The van der Waals surface area contributed by atoms with Gasteiger partial charge in [0.15, 0.2) is 0 Å². The van der Waals surface area contributed by atoms with Crippen LogP contribution in [0.25, 0.3) is 0 Å². The van der Waals surface area contributed by atoms with Crippen LogP contribution >= 0.6 is 0 Å². The quantitative estimate of drug-likeness (QED) is 0.796. The highest BCUT2D eigenvalue weighted by Crippen LogP contribution is 2.42.